The minimum absolute atomic E-state index is 0.132. The van der Waals surface area contributed by atoms with Gasteiger partial charge in [0.15, 0.2) is 0 Å². The van der Waals surface area contributed by atoms with Gasteiger partial charge < -0.3 is 14.7 Å². The summed E-state index contributed by atoms with van der Waals surface area (Å²) in [4.78, 5) is 31.9. The zero-order valence-corrected chi connectivity index (χ0v) is 17.6. The topological polar surface area (TPSA) is 43.9 Å². The highest BCUT2D eigenvalue weighted by atomic mass is 16.2. The number of fused-ring (bicyclic) bond motifs is 1. The Morgan fingerprint density at radius 2 is 1.67 bits per heavy atom. The predicted molar refractivity (Wildman–Crippen MR) is 118 cm³/mol. The van der Waals surface area contributed by atoms with E-state index in [1.807, 2.05) is 41.3 Å². The average molecular weight is 404 g/mol. The number of carbonyl (C=O) groups excluding carboxylic acids is 2. The van der Waals surface area contributed by atoms with Gasteiger partial charge in [-0.1, -0.05) is 24.3 Å². The molecule has 0 bridgehead atoms. The Kier molecular flexibility index (Phi) is 5.07. The highest BCUT2D eigenvalue weighted by Crippen LogP contribution is 2.29. The molecular formula is C25H29N3O2. The van der Waals surface area contributed by atoms with Crippen LogP contribution < -0.4 is 0 Å². The number of likely N-dealkylation sites (tertiary alicyclic amines) is 2. The zero-order chi connectivity index (χ0) is 20.7. The van der Waals surface area contributed by atoms with Crippen LogP contribution in [0.2, 0.25) is 0 Å². The van der Waals surface area contributed by atoms with E-state index < -0.39 is 0 Å². The summed E-state index contributed by atoms with van der Waals surface area (Å²) in [5.74, 6) is 0.308. The van der Waals surface area contributed by atoms with Crippen LogP contribution >= 0.6 is 0 Å². The number of carbonyl (C=O) groups is 2. The minimum atomic E-state index is 0.132. The van der Waals surface area contributed by atoms with E-state index in [0.717, 1.165) is 86.2 Å². The molecule has 0 aromatic heterocycles. The molecule has 0 N–H and O–H groups in total. The maximum Gasteiger partial charge on any atom is 0.254 e. The van der Waals surface area contributed by atoms with Gasteiger partial charge in [-0.2, -0.15) is 0 Å². The Morgan fingerprint density at radius 1 is 0.933 bits per heavy atom. The first-order valence-corrected chi connectivity index (χ1v) is 11.1. The number of nitrogens with zero attached hydrogens (tertiary/aromatic N) is 3. The number of rotatable bonds is 3. The molecule has 156 valence electrons. The van der Waals surface area contributed by atoms with Crippen LogP contribution in [0.1, 0.15) is 45.5 Å². The van der Waals surface area contributed by atoms with Crippen molar-refractivity contribution in [1.29, 1.82) is 0 Å². The molecule has 0 spiro atoms. The van der Waals surface area contributed by atoms with E-state index >= 15 is 0 Å². The van der Waals surface area contributed by atoms with Crippen LogP contribution in [0.15, 0.2) is 42.5 Å². The highest BCUT2D eigenvalue weighted by Gasteiger charge is 2.33. The number of likely N-dealkylation sites (N-methyl/N-ethyl adjacent to an activating group) is 1. The van der Waals surface area contributed by atoms with E-state index in [9.17, 15) is 9.59 Å². The van der Waals surface area contributed by atoms with Crippen LogP contribution in [0, 0.1) is 0 Å². The second-order valence-electron chi connectivity index (χ2n) is 8.90. The number of benzene rings is 2. The summed E-state index contributed by atoms with van der Waals surface area (Å²) >= 11 is 0. The van der Waals surface area contributed by atoms with E-state index in [1.165, 1.54) is 0 Å². The molecule has 2 aromatic carbocycles. The summed E-state index contributed by atoms with van der Waals surface area (Å²) in [5.41, 5.74) is 4.93. The molecule has 2 saturated heterocycles. The first-order chi connectivity index (χ1) is 14.6. The van der Waals surface area contributed by atoms with E-state index in [0.29, 0.717) is 6.04 Å². The molecular weight excluding hydrogens is 374 g/mol. The molecule has 2 fully saturated rings. The lowest BCUT2D eigenvalue weighted by Crippen LogP contribution is -2.45. The van der Waals surface area contributed by atoms with Crippen molar-refractivity contribution in [3.05, 3.63) is 59.2 Å². The summed E-state index contributed by atoms with van der Waals surface area (Å²) in [6.07, 6.45) is 4.18. The molecule has 3 aliphatic heterocycles. The van der Waals surface area contributed by atoms with Gasteiger partial charge in [-0.05, 0) is 74.2 Å². The van der Waals surface area contributed by atoms with E-state index in [4.69, 9.17) is 0 Å². The van der Waals surface area contributed by atoms with Crippen molar-refractivity contribution in [3.8, 4) is 11.1 Å². The van der Waals surface area contributed by atoms with Crippen molar-refractivity contribution in [2.45, 2.75) is 31.7 Å². The molecule has 0 aliphatic carbocycles. The van der Waals surface area contributed by atoms with Gasteiger partial charge in [0, 0.05) is 43.3 Å². The molecule has 0 saturated carbocycles. The van der Waals surface area contributed by atoms with Gasteiger partial charge in [0.05, 0.1) is 0 Å². The van der Waals surface area contributed by atoms with Crippen LogP contribution in [0.5, 0.6) is 0 Å². The summed E-state index contributed by atoms with van der Waals surface area (Å²) in [5, 5.41) is 0. The molecule has 3 heterocycles. The fourth-order valence-electron chi connectivity index (χ4n) is 5.11. The maximum atomic E-state index is 13.1. The third-order valence-electron chi connectivity index (χ3n) is 6.88. The fraction of sp³-hybridized carbons (Fsp3) is 0.440. The normalized spacial score (nSPS) is 21.9. The second-order valence-corrected chi connectivity index (χ2v) is 8.90. The molecule has 5 nitrogen and oxygen atoms in total. The molecule has 5 heteroatoms. The smallest absolute Gasteiger partial charge is 0.254 e. The standard InChI is InChI=1S/C25H29N3O2/c1-26-14-11-22(17-26)28-15-10-21-16-20(8-9-23(21)25(28)30)18-4-6-19(7-5-18)24(29)27-12-2-3-13-27/h4-9,16,22H,2-3,10-15,17H2,1H3/t22-/m0/s1. The van der Waals surface area contributed by atoms with Gasteiger partial charge in [-0.25, -0.2) is 0 Å². The summed E-state index contributed by atoms with van der Waals surface area (Å²) in [6.45, 7) is 4.58. The SMILES string of the molecule is CN1CC[C@H](N2CCc3cc(-c4ccc(C(=O)N5CCCC5)cc4)ccc3C2=O)C1. The van der Waals surface area contributed by atoms with Gasteiger partial charge in [0.25, 0.3) is 11.8 Å². The van der Waals surface area contributed by atoms with Gasteiger partial charge in [-0.15, -0.1) is 0 Å². The average Bonchev–Trinajstić information content (AvgIpc) is 3.45. The molecule has 0 unspecified atom stereocenters. The summed E-state index contributed by atoms with van der Waals surface area (Å²) in [6, 6.07) is 14.4. The Balaban J connectivity index is 1.33. The third-order valence-corrected chi connectivity index (χ3v) is 6.88. The molecule has 1 atom stereocenters. The van der Waals surface area contributed by atoms with Crippen molar-refractivity contribution < 1.29 is 9.59 Å². The van der Waals surface area contributed by atoms with Crippen LogP contribution in [-0.2, 0) is 6.42 Å². The maximum absolute atomic E-state index is 13.1. The molecule has 3 aliphatic rings. The van der Waals surface area contributed by atoms with Crippen molar-refractivity contribution in [2.75, 3.05) is 39.8 Å². The Bertz CT molecular complexity index is 963. The quantitative estimate of drug-likeness (QED) is 0.790. The van der Waals surface area contributed by atoms with Crippen LogP contribution in [0.3, 0.4) is 0 Å². The Labute approximate surface area is 178 Å². The minimum Gasteiger partial charge on any atom is -0.339 e. The number of hydrogen-bond donors (Lipinski definition) is 0. The molecule has 2 amide bonds. The van der Waals surface area contributed by atoms with Gasteiger partial charge in [0.2, 0.25) is 0 Å². The molecule has 5 rings (SSSR count). The fourth-order valence-corrected chi connectivity index (χ4v) is 5.11. The first-order valence-electron chi connectivity index (χ1n) is 11.1. The van der Waals surface area contributed by atoms with Gasteiger partial charge >= 0.3 is 0 Å². The summed E-state index contributed by atoms with van der Waals surface area (Å²) < 4.78 is 0. The molecule has 30 heavy (non-hydrogen) atoms. The van der Waals surface area contributed by atoms with E-state index in [2.05, 4.69) is 22.9 Å². The second kappa shape index (κ2) is 7.88. The van der Waals surface area contributed by atoms with Gasteiger partial charge in [0.1, 0.15) is 0 Å². The number of amides is 2. The summed E-state index contributed by atoms with van der Waals surface area (Å²) in [7, 11) is 2.12. The van der Waals surface area contributed by atoms with Crippen molar-refractivity contribution >= 4 is 11.8 Å². The Morgan fingerprint density at radius 3 is 2.37 bits per heavy atom. The van der Waals surface area contributed by atoms with Crippen molar-refractivity contribution in [3.63, 3.8) is 0 Å². The van der Waals surface area contributed by atoms with Crippen LogP contribution in [0.4, 0.5) is 0 Å². The van der Waals surface area contributed by atoms with Crippen molar-refractivity contribution in [1.82, 2.24) is 14.7 Å². The lowest BCUT2D eigenvalue weighted by molar-refractivity contribution is 0.0666. The molecule has 0 radical (unpaired) electrons. The largest absolute Gasteiger partial charge is 0.339 e. The predicted octanol–water partition coefficient (Wildman–Crippen LogP) is 3.29. The first kappa shape index (κ1) is 19.3. The highest BCUT2D eigenvalue weighted by molar-refractivity contribution is 5.98. The van der Waals surface area contributed by atoms with Gasteiger partial charge in [-0.3, -0.25) is 9.59 Å². The van der Waals surface area contributed by atoms with Crippen LogP contribution in [-0.4, -0.2) is 72.3 Å². The zero-order valence-electron chi connectivity index (χ0n) is 17.6. The Hall–Kier alpha value is -2.66. The van der Waals surface area contributed by atoms with E-state index in [1.54, 1.807) is 0 Å². The molecule has 2 aromatic rings. The monoisotopic (exact) mass is 403 g/mol. The lowest BCUT2D eigenvalue weighted by Gasteiger charge is -2.33. The van der Waals surface area contributed by atoms with E-state index in [-0.39, 0.29) is 11.8 Å². The van der Waals surface area contributed by atoms with Crippen molar-refractivity contribution in [2.24, 2.45) is 0 Å². The lowest BCUT2D eigenvalue weighted by atomic mass is 9.93. The number of hydrogen-bond acceptors (Lipinski definition) is 3. The third kappa shape index (κ3) is 3.52. The van der Waals surface area contributed by atoms with Crippen LogP contribution in [0.25, 0.3) is 11.1 Å².